The molecule has 3 heterocycles. The Labute approximate surface area is 108 Å². The third-order valence-corrected chi connectivity index (χ3v) is 3.73. The van der Waals surface area contributed by atoms with Gasteiger partial charge in [-0.2, -0.15) is 0 Å². The third kappa shape index (κ3) is 1.33. The van der Waals surface area contributed by atoms with E-state index in [4.69, 9.17) is 14.2 Å². The number of esters is 2. The zero-order valence-corrected chi connectivity index (χ0v) is 9.81. The Hall–Kier alpha value is -2.14. The van der Waals surface area contributed by atoms with Crippen LogP contribution >= 0.6 is 0 Å². The Morgan fingerprint density at radius 3 is 2.68 bits per heavy atom. The van der Waals surface area contributed by atoms with Crippen LogP contribution in [-0.4, -0.2) is 23.8 Å². The lowest BCUT2D eigenvalue weighted by Gasteiger charge is -2.27. The Balaban J connectivity index is 1.73. The average Bonchev–Trinajstić information content (AvgIpc) is 3.03. The summed E-state index contributed by atoms with van der Waals surface area (Å²) in [6.45, 7) is 0. The van der Waals surface area contributed by atoms with E-state index in [0.29, 0.717) is 5.75 Å². The number of hydrogen-bond donors (Lipinski definition) is 0. The van der Waals surface area contributed by atoms with Gasteiger partial charge in [0.1, 0.15) is 17.6 Å². The molecule has 19 heavy (non-hydrogen) atoms. The van der Waals surface area contributed by atoms with E-state index >= 15 is 0 Å². The summed E-state index contributed by atoms with van der Waals surface area (Å²) >= 11 is 0. The van der Waals surface area contributed by atoms with Gasteiger partial charge in [-0.25, -0.2) is 0 Å². The van der Waals surface area contributed by atoms with Gasteiger partial charge in [0.15, 0.2) is 0 Å². The van der Waals surface area contributed by atoms with Gasteiger partial charge in [-0.05, 0) is 18.2 Å². The molecule has 0 N–H and O–H groups in total. The topological polar surface area (TPSA) is 61.8 Å². The van der Waals surface area contributed by atoms with Gasteiger partial charge in [-0.15, -0.1) is 0 Å². The lowest BCUT2D eigenvalue weighted by molar-refractivity contribution is -0.172. The lowest BCUT2D eigenvalue weighted by Crippen LogP contribution is -2.43. The summed E-state index contributed by atoms with van der Waals surface area (Å²) in [6.07, 6.45) is 3.02. The molecule has 1 aromatic carbocycles. The first-order valence-corrected chi connectivity index (χ1v) is 6.06. The van der Waals surface area contributed by atoms with E-state index in [-0.39, 0.29) is 0 Å². The van der Waals surface area contributed by atoms with Crippen LogP contribution in [0.15, 0.2) is 42.5 Å². The van der Waals surface area contributed by atoms with Crippen LogP contribution in [0.3, 0.4) is 0 Å². The highest BCUT2D eigenvalue weighted by molar-refractivity contribution is 5.98. The molecule has 96 valence electrons. The first-order valence-electron chi connectivity index (χ1n) is 6.06. The summed E-state index contributed by atoms with van der Waals surface area (Å²) in [5.74, 6) is -3.02. The van der Waals surface area contributed by atoms with E-state index in [1.54, 1.807) is 24.3 Å². The molecule has 5 nitrogen and oxygen atoms in total. The van der Waals surface area contributed by atoms with Crippen LogP contribution in [0.2, 0.25) is 0 Å². The standard InChI is InChI=1S/C14H10O5/c15-12-10-9-6-7-14(19-9,11(10)13(16)17-12)18-8-4-2-1-3-5-8/h1-7,9-11H/t9-,10+,11-,14+/m1/s1. The lowest BCUT2D eigenvalue weighted by atomic mass is 9.83. The monoisotopic (exact) mass is 258 g/mol. The van der Waals surface area contributed by atoms with E-state index in [1.807, 2.05) is 18.2 Å². The maximum Gasteiger partial charge on any atom is 0.324 e. The number of carbonyl (C=O) groups excluding carboxylic acids is 2. The Morgan fingerprint density at radius 1 is 1.11 bits per heavy atom. The van der Waals surface area contributed by atoms with Gasteiger partial charge in [0.25, 0.3) is 0 Å². The van der Waals surface area contributed by atoms with E-state index in [2.05, 4.69) is 0 Å². The Bertz CT molecular complexity index is 593. The predicted octanol–water partition coefficient (Wildman–Crippen LogP) is 1.05. The summed E-state index contributed by atoms with van der Waals surface area (Å²) in [6, 6.07) is 9.06. The predicted molar refractivity (Wildman–Crippen MR) is 61.9 cm³/mol. The third-order valence-electron chi connectivity index (χ3n) is 3.73. The molecule has 2 bridgehead atoms. The highest BCUT2D eigenvalue weighted by Gasteiger charge is 2.69. The van der Waals surface area contributed by atoms with Crippen LogP contribution in [-0.2, 0) is 19.1 Å². The van der Waals surface area contributed by atoms with Gasteiger partial charge in [0.2, 0.25) is 5.79 Å². The van der Waals surface area contributed by atoms with Crippen molar-refractivity contribution in [2.75, 3.05) is 0 Å². The van der Waals surface area contributed by atoms with Gasteiger partial charge < -0.3 is 14.2 Å². The van der Waals surface area contributed by atoms with Gasteiger partial charge >= 0.3 is 11.9 Å². The summed E-state index contributed by atoms with van der Waals surface area (Å²) in [5, 5.41) is 0. The van der Waals surface area contributed by atoms with Crippen LogP contribution < -0.4 is 4.74 Å². The number of hydrogen-bond acceptors (Lipinski definition) is 5. The van der Waals surface area contributed by atoms with Crippen LogP contribution in [0.25, 0.3) is 0 Å². The fraction of sp³-hybridized carbons (Fsp3) is 0.286. The minimum Gasteiger partial charge on any atom is -0.458 e. The maximum absolute atomic E-state index is 11.8. The molecule has 0 amide bonds. The molecule has 3 aliphatic heterocycles. The number of fused-ring (bicyclic) bond motifs is 5. The Kier molecular flexibility index (Phi) is 1.95. The minimum absolute atomic E-state index is 0.437. The first-order chi connectivity index (χ1) is 9.20. The van der Waals surface area contributed by atoms with Crippen molar-refractivity contribution in [1.29, 1.82) is 0 Å². The van der Waals surface area contributed by atoms with Gasteiger partial charge in [-0.1, -0.05) is 24.3 Å². The number of ether oxygens (including phenoxy) is 3. The number of carbonyl (C=O) groups is 2. The number of benzene rings is 1. The molecule has 0 unspecified atom stereocenters. The van der Waals surface area contributed by atoms with Crippen molar-refractivity contribution in [3.05, 3.63) is 42.5 Å². The summed E-state index contributed by atoms with van der Waals surface area (Å²) in [4.78, 5) is 23.5. The molecular formula is C14H10O5. The number of para-hydroxylation sites is 1. The van der Waals surface area contributed by atoms with Crippen molar-refractivity contribution < 1.29 is 23.8 Å². The molecule has 0 aromatic heterocycles. The summed E-state index contributed by atoms with van der Waals surface area (Å²) < 4.78 is 16.2. The molecule has 3 aliphatic rings. The largest absolute Gasteiger partial charge is 0.458 e. The number of rotatable bonds is 2. The smallest absolute Gasteiger partial charge is 0.324 e. The molecule has 2 fully saturated rings. The molecule has 4 rings (SSSR count). The van der Waals surface area contributed by atoms with Crippen molar-refractivity contribution >= 4 is 11.9 Å². The van der Waals surface area contributed by atoms with Gasteiger partial charge in [-0.3, -0.25) is 9.59 Å². The molecule has 0 saturated carbocycles. The van der Waals surface area contributed by atoms with Crippen molar-refractivity contribution in [2.45, 2.75) is 11.9 Å². The Morgan fingerprint density at radius 2 is 1.89 bits per heavy atom. The quantitative estimate of drug-likeness (QED) is 0.450. The van der Waals surface area contributed by atoms with E-state index in [9.17, 15) is 9.59 Å². The van der Waals surface area contributed by atoms with Crippen LogP contribution in [0, 0.1) is 11.8 Å². The normalized spacial score (nSPS) is 38.4. The van der Waals surface area contributed by atoms with Crippen molar-refractivity contribution in [3.8, 4) is 5.75 Å². The second-order valence-electron chi connectivity index (χ2n) is 4.82. The molecule has 0 spiro atoms. The number of cyclic esters (lactones) is 2. The van der Waals surface area contributed by atoms with E-state index in [1.165, 1.54) is 0 Å². The van der Waals surface area contributed by atoms with Crippen molar-refractivity contribution in [2.24, 2.45) is 11.8 Å². The molecule has 2 saturated heterocycles. The van der Waals surface area contributed by atoms with Crippen molar-refractivity contribution in [1.82, 2.24) is 0 Å². The average molecular weight is 258 g/mol. The molecule has 0 radical (unpaired) electrons. The first kappa shape index (κ1) is 10.8. The van der Waals surface area contributed by atoms with Gasteiger partial charge in [0.05, 0.1) is 6.10 Å². The maximum atomic E-state index is 11.8. The molecule has 0 aliphatic carbocycles. The van der Waals surface area contributed by atoms with Crippen LogP contribution in [0.5, 0.6) is 5.75 Å². The highest BCUT2D eigenvalue weighted by Crippen LogP contribution is 2.51. The summed E-state index contributed by atoms with van der Waals surface area (Å²) in [5.41, 5.74) is 0. The molecule has 5 heteroatoms. The van der Waals surface area contributed by atoms with Crippen molar-refractivity contribution in [3.63, 3.8) is 0 Å². The molecular weight excluding hydrogens is 248 g/mol. The molecule has 4 atom stereocenters. The minimum atomic E-state index is -1.21. The van der Waals surface area contributed by atoms with E-state index in [0.717, 1.165) is 0 Å². The summed E-state index contributed by atoms with van der Waals surface area (Å²) in [7, 11) is 0. The van der Waals surface area contributed by atoms with Crippen LogP contribution in [0.1, 0.15) is 0 Å². The zero-order valence-electron chi connectivity index (χ0n) is 9.81. The van der Waals surface area contributed by atoms with Crippen LogP contribution in [0.4, 0.5) is 0 Å². The van der Waals surface area contributed by atoms with Gasteiger partial charge in [0, 0.05) is 0 Å². The second kappa shape index (κ2) is 3.45. The second-order valence-corrected chi connectivity index (χ2v) is 4.82. The molecule has 1 aromatic rings. The fourth-order valence-electron chi connectivity index (χ4n) is 2.94. The fourth-order valence-corrected chi connectivity index (χ4v) is 2.94. The van der Waals surface area contributed by atoms with E-state index < -0.39 is 35.7 Å². The SMILES string of the molecule is O=C1OC(=O)[C@H]2[C@@H]1[C@H]1C=C[C@]2(Oc2ccccc2)O1. The zero-order chi connectivity index (χ0) is 13.0. The highest BCUT2D eigenvalue weighted by atomic mass is 16.7.